The number of halogens is 4. The van der Waals surface area contributed by atoms with Gasteiger partial charge in [-0.15, -0.1) is 0 Å². The topological polar surface area (TPSA) is 42.0 Å². The minimum atomic E-state index is -4.45. The highest BCUT2D eigenvalue weighted by Crippen LogP contribution is 2.31. The maximum absolute atomic E-state index is 12.8. The fraction of sp³-hybridized carbons (Fsp3) is 0.143. The second-order valence-corrected chi connectivity index (χ2v) is 5.11. The molecule has 1 N–H and O–H groups in total. The summed E-state index contributed by atoms with van der Waals surface area (Å²) in [5.41, 5.74) is -0.604. The predicted octanol–water partition coefficient (Wildman–Crippen LogP) is 3.79. The third-order valence-electron chi connectivity index (χ3n) is 2.72. The maximum atomic E-state index is 12.8. The Kier molecular flexibility index (Phi) is 4.62. The lowest BCUT2D eigenvalue weighted by Crippen LogP contribution is -2.25. The molecule has 0 bridgehead atoms. The van der Waals surface area contributed by atoms with E-state index < -0.39 is 17.6 Å². The van der Waals surface area contributed by atoms with E-state index in [0.717, 1.165) is 6.07 Å². The maximum Gasteiger partial charge on any atom is 0.416 e. The molecule has 1 aromatic heterocycles. The number of aromatic nitrogens is 1. The van der Waals surface area contributed by atoms with E-state index in [1.807, 2.05) is 0 Å². The van der Waals surface area contributed by atoms with Crippen LogP contribution in [0.5, 0.6) is 0 Å². The lowest BCUT2D eigenvalue weighted by Gasteiger charge is -2.13. The van der Waals surface area contributed by atoms with Gasteiger partial charge in [-0.05, 0) is 39.7 Å². The van der Waals surface area contributed by atoms with E-state index in [1.165, 1.54) is 30.5 Å². The van der Waals surface area contributed by atoms with Crippen molar-refractivity contribution in [1.29, 1.82) is 0 Å². The number of hydrogen-bond acceptors (Lipinski definition) is 2. The number of nitrogens with one attached hydrogen (secondary N) is 1. The third-order valence-corrected chi connectivity index (χ3v) is 3.19. The summed E-state index contributed by atoms with van der Waals surface area (Å²) in [4.78, 5) is 15.7. The number of rotatable bonds is 3. The van der Waals surface area contributed by atoms with Crippen LogP contribution in [0.4, 0.5) is 13.2 Å². The molecule has 3 nitrogen and oxygen atoms in total. The van der Waals surface area contributed by atoms with Crippen molar-refractivity contribution in [1.82, 2.24) is 10.3 Å². The Morgan fingerprint density at radius 3 is 2.52 bits per heavy atom. The van der Waals surface area contributed by atoms with Crippen LogP contribution < -0.4 is 5.32 Å². The van der Waals surface area contributed by atoms with Crippen LogP contribution in [-0.4, -0.2) is 10.9 Å². The summed E-state index contributed by atoms with van der Waals surface area (Å²) in [6.07, 6.45) is -3.00. The fourth-order valence-corrected chi connectivity index (χ4v) is 1.96. The molecule has 0 unspecified atom stereocenters. The first kappa shape index (κ1) is 15.5. The van der Waals surface area contributed by atoms with E-state index in [1.54, 1.807) is 6.07 Å². The molecule has 7 heteroatoms. The fourth-order valence-electron chi connectivity index (χ4n) is 1.73. The molecule has 21 heavy (non-hydrogen) atoms. The van der Waals surface area contributed by atoms with Crippen LogP contribution in [0.3, 0.4) is 0 Å². The van der Waals surface area contributed by atoms with Crippen molar-refractivity contribution in [2.45, 2.75) is 12.7 Å². The van der Waals surface area contributed by atoms with Crippen LogP contribution in [-0.2, 0) is 12.7 Å². The minimum Gasteiger partial charge on any atom is -0.347 e. The van der Waals surface area contributed by atoms with E-state index in [9.17, 15) is 18.0 Å². The summed E-state index contributed by atoms with van der Waals surface area (Å²) in [7, 11) is 0. The van der Waals surface area contributed by atoms with Crippen molar-refractivity contribution >= 4 is 21.8 Å². The molecule has 110 valence electrons. The van der Waals surface area contributed by atoms with E-state index in [0.29, 0.717) is 4.47 Å². The summed E-state index contributed by atoms with van der Waals surface area (Å²) < 4.78 is 39.1. The van der Waals surface area contributed by atoms with Gasteiger partial charge in [0, 0.05) is 17.2 Å². The summed E-state index contributed by atoms with van der Waals surface area (Å²) in [5.74, 6) is -0.528. The normalized spacial score (nSPS) is 11.2. The summed E-state index contributed by atoms with van der Waals surface area (Å²) in [6, 6.07) is 8.23. The first-order valence-electron chi connectivity index (χ1n) is 5.93. The molecule has 1 aromatic carbocycles. The summed E-state index contributed by atoms with van der Waals surface area (Å²) in [6.45, 7) is -0.216. The molecule has 0 spiro atoms. The van der Waals surface area contributed by atoms with Gasteiger partial charge in [-0.3, -0.25) is 4.79 Å². The third kappa shape index (κ3) is 4.04. The highest BCUT2D eigenvalue weighted by Gasteiger charge is 2.32. The van der Waals surface area contributed by atoms with Crippen molar-refractivity contribution in [2.75, 3.05) is 0 Å². The number of hydrogen-bond donors (Lipinski definition) is 1. The number of alkyl halides is 3. The average Bonchev–Trinajstić information content (AvgIpc) is 2.45. The van der Waals surface area contributed by atoms with Gasteiger partial charge in [0.25, 0.3) is 5.91 Å². The zero-order valence-corrected chi connectivity index (χ0v) is 12.2. The molecule has 0 aliphatic carbocycles. The molecule has 0 fully saturated rings. The Balaban J connectivity index is 2.10. The number of carbonyl (C=O) groups excluding carboxylic acids is 1. The van der Waals surface area contributed by atoms with Gasteiger partial charge in [0.05, 0.1) is 5.56 Å². The highest BCUT2D eigenvalue weighted by molar-refractivity contribution is 9.10. The molecular formula is C14H10BrF3N2O. The molecule has 0 aliphatic rings. The van der Waals surface area contributed by atoms with Crippen LogP contribution in [0.15, 0.2) is 47.1 Å². The van der Waals surface area contributed by atoms with Crippen molar-refractivity contribution in [3.8, 4) is 0 Å². The van der Waals surface area contributed by atoms with Crippen molar-refractivity contribution in [3.63, 3.8) is 0 Å². The molecule has 0 radical (unpaired) electrons. The molecule has 2 rings (SSSR count). The zero-order chi connectivity index (χ0) is 15.5. The Morgan fingerprint density at radius 1 is 1.19 bits per heavy atom. The van der Waals surface area contributed by atoms with Gasteiger partial charge in [0.1, 0.15) is 5.69 Å². The van der Waals surface area contributed by atoms with Crippen molar-refractivity contribution < 1.29 is 18.0 Å². The smallest absolute Gasteiger partial charge is 0.347 e. The summed E-state index contributed by atoms with van der Waals surface area (Å²) in [5, 5.41) is 2.43. The molecular weight excluding hydrogens is 349 g/mol. The standard InChI is InChI=1S/C14H10BrF3N2O/c15-10-5-6-12(19-8-10)13(21)20-7-9-3-1-2-4-11(9)14(16,17)18/h1-6,8H,7H2,(H,20,21). The number of nitrogens with zero attached hydrogens (tertiary/aromatic N) is 1. The van der Waals surface area contributed by atoms with Crippen LogP contribution in [0.25, 0.3) is 0 Å². The molecule has 2 aromatic rings. The van der Waals surface area contributed by atoms with E-state index >= 15 is 0 Å². The van der Waals surface area contributed by atoms with Crippen LogP contribution in [0.2, 0.25) is 0 Å². The quantitative estimate of drug-likeness (QED) is 0.906. The SMILES string of the molecule is O=C(NCc1ccccc1C(F)(F)F)c1ccc(Br)cn1. The lowest BCUT2D eigenvalue weighted by molar-refractivity contribution is -0.138. The molecule has 0 saturated heterocycles. The van der Waals surface area contributed by atoms with Crippen molar-refractivity contribution in [2.24, 2.45) is 0 Å². The van der Waals surface area contributed by atoms with Gasteiger partial charge in [0.15, 0.2) is 0 Å². The Morgan fingerprint density at radius 2 is 1.90 bits per heavy atom. The zero-order valence-electron chi connectivity index (χ0n) is 10.6. The Hall–Kier alpha value is -1.89. The molecule has 0 aliphatic heterocycles. The van der Waals surface area contributed by atoms with Gasteiger partial charge in [-0.1, -0.05) is 18.2 Å². The van der Waals surface area contributed by atoms with Gasteiger partial charge in [-0.2, -0.15) is 13.2 Å². The monoisotopic (exact) mass is 358 g/mol. The number of carbonyl (C=O) groups is 1. The number of benzene rings is 1. The second-order valence-electron chi connectivity index (χ2n) is 4.20. The van der Waals surface area contributed by atoms with Crippen LogP contribution in [0.1, 0.15) is 21.6 Å². The number of pyridine rings is 1. The van der Waals surface area contributed by atoms with Gasteiger partial charge < -0.3 is 5.32 Å². The first-order chi connectivity index (χ1) is 9.88. The largest absolute Gasteiger partial charge is 0.416 e. The van der Waals surface area contributed by atoms with Crippen molar-refractivity contribution in [3.05, 3.63) is 63.9 Å². The molecule has 1 amide bonds. The van der Waals surface area contributed by atoms with E-state index in [4.69, 9.17) is 0 Å². The molecule has 0 saturated carbocycles. The van der Waals surface area contributed by atoms with Gasteiger partial charge >= 0.3 is 6.18 Å². The number of amides is 1. The highest BCUT2D eigenvalue weighted by atomic mass is 79.9. The van der Waals surface area contributed by atoms with Gasteiger partial charge in [-0.25, -0.2) is 4.98 Å². The first-order valence-corrected chi connectivity index (χ1v) is 6.72. The summed E-state index contributed by atoms with van der Waals surface area (Å²) >= 11 is 3.18. The predicted molar refractivity (Wildman–Crippen MR) is 74.6 cm³/mol. The molecule has 0 atom stereocenters. The van der Waals surface area contributed by atoms with Crippen LogP contribution in [0, 0.1) is 0 Å². The molecule has 1 heterocycles. The second kappa shape index (κ2) is 6.26. The Labute approximate surface area is 127 Å². The van der Waals surface area contributed by atoms with E-state index in [-0.39, 0.29) is 17.8 Å². The van der Waals surface area contributed by atoms with Gasteiger partial charge in [0.2, 0.25) is 0 Å². The minimum absolute atomic E-state index is 0.00969. The lowest BCUT2D eigenvalue weighted by atomic mass is 10.1. The van der Waals surface area contributed by atoms with Crippen LogP contribution >= 0.6 is 15.9 Å². The Bertz CT molecular complexity index is 641. The average molecular weight is 359 g/mol. The van der Waals surface area contributed by atoms with E-state index in [2.05, 4.69) is 26.2 Å².